The Morgan fingerprint density at radius 2 is 2.05 bits per heavy atom. The van der Waals surface area contributed by atoms with Gasteiger partial charge < -0.3 is 5.32 Å². The first-order valence-electron chi connectivity index (χ1n) is 5.54. The third kappa shape index (κ3) is 4.04. The minimum atomic E-state index is -0.356. The van der Waals surface area contributed by atoms with Crippen LogP contribution in [0.3, 0.4) is 0 Å². The molecular weight excluding hydrogens is 333 g/mol. The summed E-state index contributed by atoms with van der Waals surface area (Å²) in [6, 6.07) is 11.1. The highest BCUT2D eigenvalue weighted by Crippen LogP contribution is 2.25. The number of halogens is 3. The molecule has 2 aromatic carbocycles. The van der Waals surface area contributed by atoms with Gasteiger partial charge in [0.25, 0.3) is 0 Å². The SMILES string of the molecule is O=C(Cc1cccc(F)c1)Nc1cc(Br)ccc1Cl. The van der Waals surface area contributed by atoms with Gasteiger partial charge in [0.2, 0.25) is 5.91 Å². The maximum absolute atomic E-state index is 13.0. The molecule has 0 aliphatic carbocycles. The summed E-state index contributed by atoms with van der Waals surface area (Å²) in [4.78, 5) is 11.8. The van der Waals surface area contributed by atoms with Crippen molar-refractivity contribution in [3.05, 3.63) is 63.3 Å². The van der Waals surface area contributed by atoms with Crippen LogP contribution >= 0.6 is 27.5 Å². The van der Waals surface area contributed by atoms with E-state index in [9.17, 15) is 9.18 Å². The molecule has 0 unspecified atom stereocenters. The number of carbonyl (C=O) groups excluding carboxylic acids is 1. The Morgan fingerprint density at radius 1 is 1.26 bits per heavy atom. The molecule has 1 amide bonds. The Morgan fingerprint density at radius 3 is 2.79 bits per heavy atom. The largest absolute Gasteiger partial charge is 0.324 e. The third-order valence-electron chi connectivity index (χ3n) is 2.46. The average molecular weight is 343 g/mol. The molecule has 0 atom stereocenters. The van der Waals surface area contributed by atoms with Crippen LogP contribution in [-0.2, 0) is 11.2 Å². The summed E-state index contributed by atoms with van der Waals surface area (Å²) in [5, 5.41) is 3.15. The summed E-state index contributed by atoms with van der Waals surface area (Å²) < 4.78 is 13.8. The van der Waals surface area contributed by atoms with Crippen molar-refractivity contribution in [2.24, 2.45) is 0 Å². The van der Waals surface area contributed by atoms with E-state index in [1.54, 1.807) is 30.3 Å². The van der Waals surface area contributed by atoms with Gasteiger partial charge in [-0.05, 0) is 35.9 Å². The van der Waals surface area contributed by atoms with Crippen LogP contribution in [0.25, 0.3) is 0 Å². The normalized spacial score (nSPS) is 10.3. The summed E-state index contributed by atoms with van der Waals surface area (Å²) in [7, 11) is 0. The van der Waals surface area contributed by atoms with Crippen LogP contribution in [0.2, 0.25) is 5.02 Å². The van der Waals surface area contributed by atoms with Crippen molar-refractivity contribution in [2.75, 3.05) is 5.32 Å². The smallest absolute Gasteiger partial charge is 0.228 e. The first kappa shape index (κ1) is 14.0. The maximum atomic E-state index is 13.0. The van der Waals surface area contributed by atoms with Gasteiger partial charge in [0.1, 0.15) is 5.82 Å². The zero-order valence-electron chi connectivity index (χ0n) is 9.79. The molecule has 0 aliphatic rings. The molecule has 0 aliphatic heterocycles. The van der Waals surface area contributed by atoms with Crippen LogP contribution < -0.4 is 5.32 Å². The van der Waals surface area contributed by atoms with E-state index in [1.165, 1.54) is 12.1 Å². The summed E-state index contributed by atoms with van der Waals surface area (Å²) in [5.74, 6) is -0.601. The predicted molar refractivity (Wildman–Crippen MR) is 77.9 cm³/mol. The van der Waals surface area contributed by atoms with Crippen molar-refractivity contribution in [3.8, 4) is 0 Å². The summed E-state index contributed by atoms with van der Waals surface area (Å²) in [5.41, 5.74) is 1.14. The van der Waals surface area contributed by atoms with Crippen LogP contribution in [0, 0.1) is 5.82 Å². The lowest BCUT2D eigenvalue weighted by Crippen LogP contribution is -2.14. The highest BCUT2D eigenvalue weighted by Gasteiger charge is 2.08. The standard InChI is InChI=1S/C14H10BrClFNO/c15-10-4-5-12(16)13(8-10)18-14(19)7-9-2-1-3-11(17)6-9/h1-6,8H,7H2,(H,18,19). The molecule has 0 radical (unpaired) electrons. The monoisotopic (exact) mass is 341 g/mol. The molecule has 0 heterocycles. The number of benzene rings is 2. The molecule has 2 aromatic rings. The number of anilines is 1. The van der Waals surface area contributed by atoms with Crippen molar-refractivity contribution in [1.29, 1.82) is 0 Å². The molecule has 0 saturated heterocycles. The van der Waals surface area contributed by atoms with Gasteiger partial charge in [0.15, 0.2) is 0 Å². The number of rotatable bonds is 3. The van der Waals surface area contributed by atoms with Gasteiger partial charge in [-0.15, -0.1) is 0 Å². The van der Waals surface area contributed by atoms with Gasteiger partial charge in [0.05, 0.1) is 17.1 Å². The van der Waals surface area contributed by atoms with Gasteiger partial charge in [-0.1, -0.05) is 39.7 Å². The van der Waals surface area contributed by atoms with E-state index in [1.807, 2.05) is 0 Å². The van der Waals surface area contributed by atoms with E-state index in [0.717, 1.165) is 4.47 Å². The molecule has 0 aromatic heterocycles. The number of amides is 1. The number of nitrogens with one attached hydrogen (secondary N) is 1. The molecule has 0 saturated carbocycles. The van der Waals surface area contributed by atoms with E-state index < -0.39 is 0 Å². The number of hydrogen-bond acceptors (Lipinski definition) is 1. The highest BCUT2D eigenvalue weighted by molar-refractivity contribution is 9.10. The quantitative estimate of drug-likeness (QED) is 0.879. The predicted octanol–water partition coefficient (Wildman–Crippen LogP) is 4.42. The first-order valence-corrected chi connectivity index (χ1v) is 6.71. The summed E-state index contributed by atoms with van der Waals surface area (Å²) in [6.07, 6.45) is 0.0978. The zero-order valence-corrected chi connectivity index (χ0v) is 12.1. The van der Waals surface area contributed by atoms with Crippen LogP contribution in [0.1, 0.15) is 5.56 Å². The Balaban J connectivity index is 2.07. The molecule has 5 heteroatoms. The summed E-state index contributed by atoms with van der Waals surface area (Å²) >= 11 is 9.28. The van der Waals surface area contributed by atoms with Gasteiger partial charge in [-0.2, -0.15) is 0 Å². The number of carbonyl (C=O) groups is 1. The van der Waals surface area contributed by atoms with Crippen LogP contribution in [0.15, 0.2) is 46.9 Å². The van der Waals surface area contributed by atoms with E-state index in [4.69, 9.17) is 11.6 Å². The minimum absolute atomic E-state index is 0.0978. The second-order valence-electron chi connectivity index (χ2n) is 3.98. The van der Waals surface area contributed by atoms with Crippen molar-refractivity contribution in [3.63, 3.8) is 0 Å². The Hall–Kier alpha value is -1.39. The van der Waals surface area contributed by atoms with Crippen LogP contribution in [0.4, 0.5) is 10.1 Å². The molecule has 0 spiro atoms. The Labute approximate surface area is 123 Å². The van der Waals surface area contributed by atoms with Crippen LogP contribution in [-0.4, -0.2) is 5.91 Å². The second-order valence-corrected chi connectivity index (χ2v) is 5.30. The molecule has 1 N–H and O–H groups in total. The zero-order chi connectivity index (χ0) is 13.8. The van der Waals surface area contributed by atoms with Gasteiger partial charge >= 0.3 is 0 Å². The van der Waals surface area contributed by atoms with Crippen molar-refractivity contribution in [2.45, 2.75) is 6.42 Å². The topological polar surface area (TPSA) is 29.1 Å². The first-order chi connectivity index (χ1) is 9.04. The number of hydrogen-bond donors (Lipinski definition) is 1. The maximum Gasteiger partial charge on any atom is 0.228 e. The molecule has 19 heavy (non-hydrogen) atoms. The van der Waals surface area contributed by atoms with E-state index in [2.05, 4.69) is 21.2 Å². The van der Waals surface area contributed by atoms with Crippen LogP contribution in [0.5, 0.6) is 0 Å². The Kier molecular flexibility index (Phi) is 4.56. The highest BCUT2D eigenvalue weighted by atomic mass is 79.9. The lowest BCUT2D eigenvalue weighted by atomic mass is 10.1. The summed E-state index contributed by atoms with van der Waals surface area (Å²) in [6.45, 7) is 0. The molecule has 98 valence electrons. The van der Waals surface area contributed by atoms with Crippen molar-refractivity contribution >= 4 is 39.1 Å². The van der Waals surface area contributed by atoms with E-state index in [-0.39, 0.29) is 18.1 Å². The lowest BCUT2D eigenvalue weighted by Gasteiger charge is -2.08. The fourth-order valence-electron chi connectivity index (χ4n) is 1.62. The van der Waals surface area contributed by atoms with Crippen molar-refractivity contribution < 1.29 is 9.18 Å². The van der Waals surface area contributed by atoms with Gasteiger partial charge in [-0.3, -0.25) is 4.79 Å². The van der Waals surface area contributed by atoms with Gasteiger partial charge in [0, 0.05) is 4.47 Å². The minimum Gasteiger partial charge on any atom is -0.324 e. The van der Waals surface area contributed by atoms with Gasteiger partial charge in [-0.25, -0.2) is 4.39 Å². The third-order valence-corrected chi connectivity index (χ3v) is 3.28. The Bertz CT molecular complexity index is 618. The molecule has 2 nitrogen and oxygen atoms in total. The second kappa shape index (κ2) is 6.17. The molecule has 0 fully saturated rings. The molecular formula is C14H10BrClFNO. The van der Waals surface area contributed by atoms with Crippen molar-refractivity contribution in [1.82, 2.24) is 0 Å². The molecule has 2 rings (SSSR count). The average Bonchev–Trinajstić information content (AvgIpc) is 2.34. The van der Waals surface area contributed by atoms with E-state index >= 15 is 0 Å². The fourth-order valence-corrected chi connectivity index (χ4v) is 2.15. The fraction of sp³-hybridized carbons (Fsp3) is 0.0714. The van der Waals surface area contributed by atoms with E-state index in [0.29, 0.717) is 16.3 Å². The lowest BCUT2D eigenvalue weighted by molar-refractivity contribution is -0.115. The molecule has 0 bridgehead atoms.